The summed E-state index contributed by atoms with van der Waals surface area (Å²) in [4.78, 5) is 59.4. The van der Waals surface area contributed by atoms with Gasteiger partial charge in [0.1, 0.15) is 35.2 Å². The molecule has 28 nitrogen and oxygen atoms in total. The van der Waals surface area contributed by atoms with Crippen molar-refractivity contribution in [3.05, 3.63) is 61.5 Å². The van der Waals surface area contributed by atoms with E-state index in [1.807, 2.05) is 53.2 Å². The molecule has 40 heteroatoms. The number of nitrogens with one attached hydrogen (secondary N) is 1. The third-order valence-corrected chi connectivity index (χ3v) is 33.7. The Morgan fingerprint density at radius 3 is 1.44 bits per heavy atom. The number of alkyl halides is 3. The number of ether oxygens (including phenoxy) is 1. The van der Waals surface area contributed by atoms with Crippen LogP contribution in [0.5, 0.6) is 0 Å². The second-order valence-corrected chi connectivity index (χ2v) is 57.6. The van der Waals surface area contributed by atoms with Crippen LogP contribution >= 0.6 is 22.7 Å². The van der Waals surface area contributed by atoms with Gasteiger partial charge in [-0.3, -0.25) is 28.8 Å². The van der Waals surface area contributed by atoms with Gasteiger partial charge in [-0.25, -0.2) is 69.7 Å². The maximum Gasteiger partial charge on any atom is 0.481 e. The van der Waals surface area contributed by atoms with Gasteiger partial charge in [-0.2, -0.15) is 31.0 Å². The number of allylic oxidation sites excluding steroid dienone is 1. The number of thiazole rings is 2. The van der Waals surface area contributed by atoms with Crippen LogP contribution in [-0.2, 0) is 104 Å². The lowest BCUT2D eigenvalue weighted by Gasteiger charge is -2.25. The van der Waals surface area contributed by atoms with E-state index in [4.69, 9.17) is 9.15 Å². The number of hydrogen-bond donors (Lipinski definition) is 1. The number of sulfone groups is 4. The highest BCUT2D eigenvalue weighted by Gasteiger charge is 2.46. The number of rotatable bonds is 25. The Morgan fingerprint density at radius 1 is 0.592 bits per heavy atom. The number of amides is 2. The highest BCUT2D eigenvalue weighted by molar-refractivity contribution is 8.02. The van der Waals surface area contributed by atoms with Crippen molar-refractivity contribution in [1.29, 1.82) is 0 Å². The lowest BCUT2D eigenvalue weighted by Crippen LogP contribution is -2.42. The number of hydrogen-bond acceptors (Lipinski definition) is 25. The molecule has 0 bridgehead atoms. The fourth-order valence-electron chi connectivity index (χ4n) is 12.0. The van der Waals surface area contributed by atoms with Crippen molar-refractivity contribution < 1.29 is 96.2 Å². The summed E-state index contributed by atoms with van der Waals surface area (Å²) < 4.78 is 210. The molecule has 722 valence electrons. The van der Waals surface area contributed by atoms with Gasteiger partial charge in [0.15, 0.2) is 46.2 Å². The average Bonchev–Trinajstić information content (AvgIpc) is 1.63. The fraction of sp³-hybridized carbons (Fsp3) is 0.753. The van der Waals surface area contributed by atoms with Crippen LogP contribution in [0, 0.1) is 58.7 Å². The molecule has 0 saturated carbocycles. The number of halogens is 3. The third-order valence-electron chi connectivity index (χ3n) is 18.2. The molecule has 7 heterocycles. The summed E-state index contributed by atoms with van der Waals surface area (Å²) in [5, 5.41) is 6.28. The first kappa shape index (κ1) is 118. The minimum atomic E-state index is -4.89. The molecule has 1 unspecified atom stereocenters. The van der Waals surface area contributed by atoms with E-state index in [2.05, 4.69) is 130 Å². The fourth-order valence-corrected chi connectivity index (χ4v) is 24.6. The summed E-state index contributed by atoms with van der Waals surface area (Å²) in [7, 11) is -22.7. The van der Waals surface area contributed by atoms with Crippen molar-refractivity contribution in [3.8, 4) is 0 Å². The van der Waals surface area contributed by atoms with Gasteiger partial charge in [-0.1, -0.05) is 145 Å². The molecule has 0 aromatic carbocycles. The van der Waals surface area contributed by atoms with Crippen LogP contribution < -0.4 is 4.72 Å². The van der Waals surface area contributed by atoms with Crippen LogP contribution in [0.2, 0.25) is 0 Å². The van der Waals surface area contributed by atoms with Gasteiger partial charge in [0.25, 0.3) is 0 Å². The minimum Gasteiger partial charge on any atom is -0.443 e. The Bertz CT molecular complexity index is 5140. The number of aromatic nitrogens is 4. The molecule has 3 aliphatic heterocycles. The van der Waals surface area contributed by atoms with E-state index in [0.717, 1.165) is 89.7 Å². The standard InChI is InChI=1S/C14H23NO3S2.C13H24N2O5S.C13H24N2O2S.C13H23NO2S.C13H20O4S.C10H15F3N2OS2.C9H19NO2S/c1-10(16)9-12-15-11(2)13(19-12)20(17,18)8-6-7-14(3,4)5;1-12(2,3)9-10(16)14-7-8-15(21(14,18)19)11(17)20-13(4,5)6;1-10-12(11(2)15(6)14-10)18(16,17)9-7-8-13(3,4)5;1-10-9-14-11(2)12(10)17(15,16)8-6-7-13(3,4)5;1-10(14)11-6-7-12(17-11)18(15,16)9-5-8-13(2,3)4;1-9(2,3)5-7-6-17-8(14-7)15-18(4,16)10(11,12)13;1-9(2,3)5-7-10-6-4-8-13(10,11)12/h6-9H2,1-5H3;7-9H2,1-6H3;7-9H2,1-6H3;6-9H2,1-5H3;6-7H,5,8-9H2,1-4H3;6H,4-5H2,1-3H3,(H,14,15,16);4-8H2,1-3H3. The van der Waals surface area contributed by atoms with Crippen molar-refractivity contribution in [2.75, 3.05) is 66.2 Å². The van der Waals surface area contributed by atoms with Gasteiger partial charge in [-0.05, 0) is 194 Å². The molecule has 125 heavy (non-hydrogen) atoms. The molecule has 2 amide bonds. The van der Waals surface area contributed by atoms with E-state index in [1.54, 1.807) is 69.9 Å². The second-order valence-electron chi connectivity index (χ2n) is 41.3. The van der Waals surface area contributed by atoms with E-state index in [0.29, 0.717) is 90.6 Å². The summed E-state index contributed by atoms with van der Waals surface area (Å²) in [5.74, 6) is 2.97. The number of anilines is 1. The zero-order valence-corrected chi connectivity index (χ0v) is 87.7. The SMILES string of the molecule is C=S(=O)(Nc1nc(CC(C)(C)C)cs1)C(F)(F)F.CC(=O)Cc1nc(C)c(S(=O)(=O)CCCC(C)(C)C)s1.CC(=O)c1ccc(S(=O)(=O)CCCC(C)(C)C)o1.CC(C)(C)CC(=O)N1CCN(C(=O)OC(C)(C)C)S1(=O)=O.CC(C)(C)CCN1CCCS1(=O)=O.CC1=NCC(C)=C1S(=O)(=O)CCCC(C)(C)C.Cc1nn(C)c(C)c1S(=O)(=O)CCCC(C)(C)C. The maximum absolute atomic E-state index is 12.4. The molecule has 0 radical (unpaired) electrons. The largest absolute Gasteiger partial charge is 0.481 e. The number of nitrogens with zero attached hydrogens (tertiary/aromatic N) is 8. The van der Waals surface area contributed by atoms with Gasteiger partial charge < -0.3 is 9.15 Å². The Balaban J connectivity index is 0.000000732. The summed E-state index contributed by atoms with van der Waals surface area (Å²) in [6, 6.07) is 2.75. The van der Waals surface area contributed by atoms with Crippen LogP contribution in [-0.4, -0.2) is 195 Å². The molecular formula is C85H148F3N9O19S9. The molecule has 4 aromatic heterocycles. The number of carbonyl (C=O) groups is 4. The van der Waals surface area contributed by atoms with E-state index in [-0.39, 0.29) is 114 Å². The van der Waals surface area contributed by atoms with Gasteiger partial charge in [-0.15, -0.1) is 22.7 Å². The van der Waals surface area contributed by atoms with Gasteiger partial charge in [0, 0.05) is 38.9 Å². The second kappa shape index (κ2) is 46.1. The first-order valence-corrected chi connectivity index (χ1v) is 54.7. The van der Waals surface area contributed by atoms with E-state index < -0.39 is 92.4 Å². The van der Waals surface area contributed by atoms with Crippen LogP contribution in [0.15, 0.2) is 51.6 Å². The van der Waals surface area contributed by atoms with Crippen molar-refractivity contribution in [2.24, 2.45) is 49.9 Å². The molecule has 7 rings (SSSR count). The lowest BCUT2D eigenvalue weighted by atomic mass is 9.91. The van der Waals surface area contributed by atoms with Crippen molar-refractivity contribution in [3.63, 3.8) is 0 Å². The number of Topliss-reactive ketones (excluding diaryl/α,β-unsaturated/α-hetero) is 2. The molecule has 3 aliphatic rings. The topological polar surface area (TPSA) is 390 Å². The van der Waals surface area contributed by atoms with Crippen molar-refractivity contribution in [2.45, 2.75) is 323 Å². The molecular weight excluding hydrogens is 1800 g/mol. The van der Waals surface area contributed by atoms with Crippen LogP contribution in [0.4, 0.5) is 23.1 Å². The molecule has 4 aromatic rings. The Hall–Kier alpha value is -5.49. The molecule has 1 N–H and O–H groups in total. The lowest BCUT2D eigenvalue weighted by molar-refractivity contribution is -0.128. The van der Waals surface area contributed by atoms with Crippen LogP contribution in [0.1, 0.15) is 303 Å². The zero-order chi connectivity index (χ0) is 97.9. The predicted octanol–water partition coefficient (Wildman–Crippen LogP) is 18.4. The first-order valence-electron chi connectivity index (χ1n) is 41.7. The number of furan rings is 1. The Labute approximate surface area is 756 Å². The smallest absolute Gasteiger partial charge is 0.443 e. The summed E-state index contributed by atoms with van der Waals surface area (Å²) >= 11 is 2.12. The van der Waals surface area contributed by atoms with E-state index in [1.165, 1.54) is 26.0 Å². The summed E-state index contributed by atoms with van der Waals surface area (Å²) in [5.41, 5.74) is -1.10. The summed E-state index contributed by atoms with van der Waals surface area (Å²) in [6.07, 6.45) is 7.89. The predicted molar refractivity (Wildman–Crippen MR) is 500 cm³/mol. The quantitative estimate of drug-likeness (QED) is 0.0475. The van der Waals surface area contributed by atoms with Gasteiger partial charge in [0.05, 0.1) is 88.2 Å². The van der Waals surface area contributed by atoms with Crippen molar-refractivity contribution >= 4 is 132 Å². The molecule has 2 saturated heterocycles. The van der Waals surface area contributed by atoms with Crippen molar-refractivity contribution in [1.82, 2.24) is 32.7 Å². The molecule has 0 spiro atoms. The highest BCUT2D eigenvalue weighted by Crippen LogP contribution is 2.34. The maximum atomic E-state index is 12.4. The van der Waals surface area contributed by atoms with Crippen LogP contribution in [0.25, 0.3) is 0 Å². The first-order chi connectivity index (χ1) is 55.8. The number of carbonyl (C=O) groups excluding carboxylic acids is 4. The monoisotopic (exact) mass is 1940 g/mol. The van der Waals surface area contributed by atoms with Gasteiger partial charge in [0.2, 0.25) is 30.9 Å². The average molecular weight is 1950 g/mol. The molecule has 2 fully saturated rings. The number of aliphatic imine (C=N–C) groups is 1. The normalized spacial score (nSPS) is 16.1. The van der Waals surface area contributed by atoms with E-state index in [9.17, 15) is 87.1 Å². The van der Waals surface area contributed by atoms with Gasteiger partial charge >= 0.3 is 21.8 Å². The Kier molecular flexibility index (Phi) is 43.3. The molecule has 0 aliphatic carbocycles. The number of ketones is 2. The summed E-state index contributed by atoms with van der Waals surface area (Å²) in [6.45, 7) is 61.7. The zero-order valence-electron chi connectivity index (χ0n) is 80.3. The molecule has 1 atom stereocenters. The third kappa shape index (κ3) is 44.3. The number of aryl methyl sites for hydroxylation is 3. The highest BCUT2D eigenvalue weighted by atomic mass is 32.2. The minimum absolute atomic E-state index is 0.00423. The van der Waals surface area contributed by atoms with Crippen LogP contribution in [0.3, 0.4) is 0 Å². The number of sulfonamides is 1. The van der Waals surface area contributed by atoms with E-state index >= 15 is 0 Å². The Morgan fingerprint density at radius 2 is 1.06 bits per heavy atom.